The van der Waals surface area contributed by atoms with E-state index in [2.05, 4.69) is 22.3 Å². The first-order chi connectivity index (χ1) is 17.0. The number of hydrogen-bond donors (Lipinski definition) is 1. The lowest BCUT2D eigenvalue weighted by molar-refractivity contribution is 0.183. The number of aryl methyl sites for hydroxylation is 2. The van der Waals surface area contributed by atoms with Crippen LogP contribution in [-0.4, -0.2) is 61.8 Å². The molecule has 188 valence electrons. The van der Waals surface area contributed by atoms with Gasteiger partial charge in [0.15, 0.2) is 0 Å². The number of hydrogen-bond acceptors (Lipinski definition) is 5. The first-order valence-electron chi connectivity index (χ1n) is 12.8. The Hall–Kier alpha value is -2.84. The SMILES string of the molecule is Cn1cc(C2=CCN(CC3CCC(Cn4c(=O)n(C)c5ccc(OCCO)cc54)CC3)CC2)cn1. The van der Waals surface area contributed by atoms with Gasteiger partial charge in [-0.15, -0.1) is 0 Å². The molecule has 0 atom stereocenters. The highest BCUT2D eigenvalue weighted by Gasteiger charge is 2.25. The molecule has 35 heavy (non-hydrogen) atoms. The van der Waals surface area contributed by atoms with Crippen LogP contribution >= 0.6 is 0 Å². The minimum absolute atomic E-state index is 0.0255. The van der Waals surface area contributed by atoms with Gasteiger partial charge in [-0.1, -0.05) is 6.08 Å². The Bertz CT molecular complexity index is 1250. The van der Waals surface area contributed by atoms with Crippen molar-refractivity contribution >= 4 is 16.6 Å². The average Bonchev–Trinajstić information content (AvgIpc) is 3.41. The van der Waals surface area contributed by atoms with Gasteiger partial charge in [0.2, 0.25) is 0 Å². The van der Waals surface area contributed by atoms with Gasteiger partial charge in [0.1, 0.15) is 12.4 Å². The minimum Gasteiger partial charge on any atom is -0.491 e. The van der Waals surface area contributed by atoms with Crippen LogP contribution in [0.5, 0.6) is 5.75 Å². The zero-order valence-electron chi connectivity index (χ0n) is 20.9. The number of nitrogens with zero attached hydrogens (tertiary/aromatic N) is 5. The van der Waals surface area contributed by atoms with E-state index in [1.54, 1.807) is 4.57 Å². The molecule has 0 radical (unpaired) electrons. The Morgan fingerprint density at radius 3 is 2.51 bits per heavy atom. The van der Waals surface area contributed by atoms with E-state index in [1.807, 2.05) is 47.7 Å². The summed E-state index contributed by atoms with van der Waals surface area (Å²) in [6.07, 6.45) is 12.3. The van der Waals surface area contributed by atoms with Gasteiger partial charge < -0.3 is 9.84 Å². The molecule has 0 spiro atoms. The second-order valence-corrected chi connectivity index (χ2v) is 10.2. The van der Waals surface area contributed by atoms with Crippen LogP contribution in [0.1, 0.15) is 37.7 Å². The number of ether oxygens (including phenoxy) is 1. The molecule has 8 heteroatoms. The molecule has 5 rings (SSSR count). The molecule has 0 saturated heterocycles. The molecule has 2 aliphatic rings. The van der Waals surface area contributed by atoms with Crippen molar-refractivity contribution < 1.29 is 9.84 Å². The third-order valence-electron chi connectivity index (χ3n) is 7.77. The lowest BCUT2D eigenvalue weighted by atomic mass is 9.81. The Morgan fingerprint density at radius 1 is 1.09 bits per heavy atom. The first kappa shape index (κ1) is 23.9. The van der Waals surface area contributed by atoms with Crippen LogP contribution in [0, 0.1) is 11.8 Å². The quantitative estimate of drug-likeness (QED) is 0.537. The standard InChI is InChI=1S/C27H37N5O3/c1-29-19-23(16-28-29)22-9-11-31(12-10-22)17-20-3-5-21(6-4-20)18-32-26-15-24(35-14-13-33)7-8-25(26)30(2)27(32)34/h7-9,15-16,19-21,33H,3-6,10-14,17-18H2,1-2H3. The van der Waals surface area contributed by atoms with Crippen molar-refractivity contribution in [3.05, 3.63) is 52.7 Å². The van der Waals surface area contributed by atoms with Crippen molar-refractivity contribution in [1.82, 2.24) is 23.8 Å². The summed E-state index contributed by atoms with van der Waals surface area (Å²) in [5.41, 5.74) is 4.54. The molecular formula is C27H37N5O3. The zero-order valence-corrected chi connectivity index (χ0v) is 20.9. The minimum atomic E-state index is -0.0255. The monoisotopic (exact) mass is 479 g/mol. The summed E-state index contributed by atoms with van der Waals surface area (Å²) < 4.78 is 11.1. The van der Waals surface area contributed by atoms with Crippen molar-refractivity contribution in [1.29, 1.82) is 0 Å². The van der Waals surface area contributed by atoms with Gasteiger partial charge in [-0.2, -0.15) is 5.10 Å². The topological polar surface area (TPSA) is 77.5 Å². The van der Waals surface area contributed by atoms with E-state index in [4.69, 9.17) is 9.84 Å². The Kier molecular flexibility index (Phi) is 7.11. The van der Waals surface area contributed by atoms with Crippen LogP contribution in [-0.2, 0) is 20.6 Å². The molecule has 3 aromatic rings. The van der Waals surface area contributed by atoms with Crippen LogP contribution in [0.3, 0.4) is 0 Å². The third kappa shape index (κ3) is 5.23. The van der Waals surface area contributed by atoms with Crippen molar-refractivity contribution in [2.75, 3.05) is 32.8 Å². The van der Waals surface area contributed by atoms with Gasteiger partial charge >= 0.3 is 5.69 Å². The summed E-state index contributed by atoms with van der Waals surface area (Å²) in [5, 5.41) is 13.4. The Labute approximate surface area is 206 Å². The van der Waals surface area contributed by atoms with Gasteiger partial charge in [-0.05, 0) is 61.6 Å². The predicted molar refractivity (Wildman–Crippen MR) is 137 cm³/mol. The van der Waals surface area contributed by atoms with E-state index in [0.717, 1.165) is 43.0 Å². The van der Waals surface area contributed by atoms with Crippen LogP contribution in [0.15, 0.2) is 41.5 Å². The van der Waals surface area contributed by atoms with Crippen molar-refractivity contribution in [2.45, 2.75) is 38.6 Å². The smallest absolute Gasteiger partial charge is 0.328 e. The highest BCUT2D eigenvalue weighted by Crippen LogP contribution is 2.32. The lowest BCUT2D eigenvalue weighted by Gasteiger charge is -2.34. The number of benzene rings is 1. The van der Waals surface area contributed by atoms with E-state index >= 15 is 0 Å². The molecule has 3 heterocycles. The fourth-order valence-corrected chi connectivity index (χ4v) is 5.77. The summed E-state index contributed by atoms with van der Waals surface area (Å²) in [6.45, 7) is 4.30. The van der Waals surface area contributed by atoms with Gasteiger partial charge in [-0.25, -0.2) is 4.79 Å². The molecule has 1 aromatic carbocycles. The van der Waals surface area contributed by atoms with Gasteiger partial charge in [0.05, 0.1) is 23.8 Å². The van der Waals surface area contributed by atoms with Crippen LogP contribution in [0.2, 0.25) is 0 Å². The van der Waals surface area contributed by atoms with E-state index in [9.17, 15) is 4.79 Å². The van der Waals surface area contributed by atoms with Crippen molar-refractivity contribution in [3.63, 3.8) is 0 Å². The number of imidazole rings is 1. The zero-order chi connectivity index (χ0) is 24.4. The van der Waals surface area contributed by atoms with Crippen molar-refractivity contribution in [3.8, 4) is 5.75 Å². The number of aliphatic hydroxyl groups excluding tert-OH is 1. The van der Waals surface area contributed by atoms with E-state index in [1.165, 1.54) is 43.4 Å². The Balaban J connectivity index is 1.17. The molecule has 1 aliphatic carbocycles. The molecule has 0 amide bonds. The number of aromatic nitrogens is 4. The summed E-state index contributed by atoms with van der Waals surface area (Å²) in [7, 11) is 3.80. The normalized spacial score (nSPS) is 21.4. The molecule has 1 aliphatic heterocycles. The fraction of sp³-hybridized carbons (Fsp3) is 0.556. The number of aliphatic hydroxyl groups is 1. The first-order valence-corrected chi connectivity index (χ1v) is 12.8. The molecule has 2 aromatic heterocycles. The molecule has 0 bridgehead atoms. The summed E-state index contributed by atoms with van der Waals surface area (Å²) in [5.74, 6) is 1.95. The Morgan fingerprint density at radius 2 is 1.86 bits per heavy atom. The largest absolute Gasteiger partial charge is 0.491 e. The third-order valence-corrected chi connectivity index (χ3v) is 7.77. The highest BCUT2D eigenvalue weighted by atomic mass is 16.5. The summed E-state index contributed by atoms with van der Waals surface area (Å²) in [6, 6.07) is 5.73. The average molecular weight is 480 g/mol. The molecule has 1 saturated carbocycles. The molecule has 8 nitrogen and oxygen atoms in total. The van der Waals surface area contributed by atoms with Gasteiger partial charge in [0.25, 0.3) is 0 Å². The summed E-state index contributed by atoms with van der Waals surface area (Å²) >= 11 is 0. The van der Waals surface area contributed by atoms with E-state index in [-0.39, 0.29) is 18.9 Å². The molecule has 0 unspecified atom stereocenters. The van der Waals surface area contributed by atoms with E-state index < -0.39 is 0 Å². The van der Waals surface area contributed by atoms with E-state index in [0.29, 0.717) is 11.7 Å². The second-order valence-electron chi connectivity index (χ2n) is 10.2. The fourth-order valence-electron chi connectivity index (χ4n) is 5.77. The van der Waals surface area contributed by atoms with Crippen LogP contribution in [0.25, 0.3) is 16.6 Å². The maximum absolute atomic E-state index is 13.0. The molecule has 1 N–H and O–H groups in total. The molecular weight excluding hydrogens is 442 g/mol. The summed E-state index contributed by atoms with van der Waals surface area (Å²) in [4.78, 5) is 15.6. The van der Waals surface area contributed by atoms with Gasteiger partial charge in [0, 0.05) is 58.1 Å². The predicted octanol–water partition coefficient (Wildman–Crippen LogP) is 3.04. The second kappa shape index (κ2) is 10.4. The highest BCUT2D eigenvalue weighted by molar-refractivity contribution is 5.77. The maximum atomic E-state index is 13.0. The van der Waals surface area contributed by atoms with Gasteiger partial charge in [-0.3, -0.25) is 18.7 Å². The van der Waals surface area contributed by atoms with Crippen molar-refractivity contribution in [2.24, 2.45) is 25.9 Å². The lowest BCUT2D eigenvalue weighted by Crippen LogP contribution is -2.35. The van der Waals surface area contributed by atoms with Crippen LogP contribution in [0.4, 0.5) is 0 Å². The maximum Gasteiger partial charge on any atom is 0.328 e. The molecule has 1 fully saturated rings. The number of rotatable bonds is 8. The van der Waals surface area contributed by atoms with Crippen LogP contribution < -0.4 is 10.4 Å². The number of fused-ring (bicyclic) bond motifs is 1.